The number of halogens is 1. The lowest BCUT2D eigenvalue weighted by molar-refractivity contribution is -0.0377. The van der Waals surface area contributed by atoms with Crippen LogP contribution in [0.5, 0.6) is 5.75 Å². The standard InChI is InChI=1S/C13H17ClN2O4/c1-7(2)15-11(17)12(18)16(13(15)19)8-4-5-10(20-3)9(14)6-8/h4-7,11-12,17-18H,1-3H3/t11-,12+/m0/s1. The first-order chi connectivity index (χ1) is 9.38. The summed E-state index contributed by atoms with van der Waals surface area (Å²) in [6, 6.07) is 4.01. The molecule has 7 heteroatoms. The Bertz CT molecular complexity index is 523. The molecular formula is C13H17ClN2O4. The van der Waals surface area contributed by atoms with Crippen LogP contribution in [0.25, 0.3) is 0 Å². The third kappa shape index (κ3) is 2.30. The first kappa shape index (κ1) is 14.9. The van der Waals surface area contributed by atoms with E-state index in [4.69, 9.17) is 16.3 Å². The van der Waals surface area contributed by atoms with E-state index in [2.05, 4.69) is 0 Å². The van der Waals surface area contributed by atoms with Gasteiger partial charge in [0.15, 0.2) is 12.5 Å². The summed E-state index contributed by atoms with van der Waals surface area (Å²) in [5.74, 6) is 0.470. The zero-order valence-electron chi connectivity index (χ0n) is 11.4. The van der Waals surface area contributed by atoms with Gasteiger partial charge in [-0.25, -0.2) is 4.79 Å². The van der Waals surface area contributed by atoms with E-state index in [1.807, 2.05) is 0 Å². The highest BCUT2D eigenvalue weighted by Crippen LogP contribution is 2.33. The Labute approximate surface area is 122 Å². The van der Waals surface area contributed by atoms with Gasteiger partial charge in [0.25, 0.3) is 0 Å². The van der Waals surface area contributed by atoms with Crippen LogP contribution in [-0.4, -0.2) is 46.8 Å². The largest absolute Gasteiger partial charge is 0.495 e. The SMILES string of the molecule is COc1ccc(N2C(=O)N(C(C)C)[C@@H](O)[C@H]2O)cc1Cl. The van der Waals surface area contributed by atoms with Crippen molar-refractivity contribution in [2.75, 3.05) is 12.0 Å². The second-order valence-electron chi connectivity index (χ2n) is 4.80. The van der Waals surface area contributed by atoms with Gasteiger partial charge in [-0.3, -0.25) is 9.80 Å². The quantitative estimate of drug-likeness (QED) is 0.890. The van der Waals surface area contributed by atoms with Crippen molar-refractivity contribution in [1.29, 1.82) is 0 Å². The fraction of sp³-hybridized carbons (Fsp3) is 0.462. The minimum atomic E-state index is -1.34. The van der Waals surface area contributed by atoms with E-state index in [0.717, 1.165) is 4.90 Å². The van der Waals surface area contributed by atoms with Crippen LogP contribution < -0.4 is 9.64 Å². The zero-order valence-corrected chi connectivity index (χ0v) is 12.2. The number of rotatable bonds is 3. The van der Waals surface area contributed by atoms with E-state index in [1.165, 1.54) is 18.1 Å². The van der Waals surface area contributed by atoms with E-state index in [9.17, 15) is 15.0 Å². The molecule has 0 spiro atoms. The normalized spacial score (nSPS) is 22.9. The molecule has 0 bridgehead atoms. The van der Waals surface area contributed by atoms with Crippen molar-refractivity contribution in [1.82, 2.24) is 4.90 Å². The Morgan fingerprint density at radius 3 is 2.40 bits per heavy atom. The first-order valence-electron chi connectivity index (χ1n) is 6.19. The van der Waals surface area contributed by atoms with Crippen LogP contribution in [0.3, 0.4) is 0 Å². The van der Waals surface area contributed by atoms with Gasteiger partial charge in [-0.05, 0) is 32.0 Å². The number of amides is 2. The molecule has 6 nitrogen and oxygen atoms in total. The zero-order chi connectivity index (χ0) is 15.0. The molecule has 0 unspecified atom stereocenters. The Morgan fingerprint density at radius 1 is 1.30 bits per heavy atom. The molecule has 1 saturated heterocycles. The number of ether oxygens (including phenoxy) is 1. The number of benzene rings is 1. The molecule has 0 radical (unpaired) electrons. The summed E-state index contributed by atoms with van der Waals surface area (Å²) in [6.07, 6.45) is -2.61. The fourth-order valence-electron chi connectivity index (χ4n) is 2.22. The lowest BCUT2D eigenvalue weighted by atomic mass is 10.2. The highest BCUT2D eigenvalue weighted by Gasteiger charge is 2.46. The first-order valence-corrected chi connectivity index (χ1v) is 6.57. The molecule has 2 N–H and O–H groups in total. The summed E-state index contributed by atoms with van der Waals surface area (Å²) in [4.78, 5) is 14.6. The fourth-order valence-corrected chi connectivity index (χ4v) is 2.47. The molecule has 1 heterocycles. The van der Waals surface area contributed by atoms with Crippen molar-refractivity contribution in [3.8, 4) is 5.75 Å². The molecule has 2 rings (SSSR count). The number of methoxy groups -OCH3 is 1. The van der Waals surface area contributed by atoms with Gasteiger partial charge in [-0.2, -0.15) is 0 Å². The Hall–Kier alpha value is -1.50. The molecule has 2 atom stereocenters. The van der Waals surface area contributed by atoms with Crippen molar-refractivity contribution in [2.45, 2.75) is 32.3 Å². The number of anilines is 1. The lowest BCUT2D eigenvalue weighted by Crippen LogP contribution is -2.40. The molecule has 0 aromatic heterocycles. The highest BCUT2D eigenvalue weighted by atomic mass is 35.5. The minimum absolute atomic E-state index is 0.231. The third-order valence-electron chi connectivity index (χ3n) is 3.21. The van der Waals surface area contributed by atoms with Crippen molar-refractivity contribution in [3.63, 3.8) is 0 Å². The number of nitrogens with zero attached hydrogens (tertiary/aromatic N) is 2. The van der Waals surface area contributed by atoms with Crippen molar-refractivity contribution in [2.24, 2.45) is 0 Å². The average molecular weight is 301 g/mol. The second-order valence-corrected chi connectivity index (χ2v) is 5.21. The van der Waals surface area contributed by atoms with Crippen LogP contribution in [0.15, 0.2) is 18.2 Å². The van der Waals surface area contributed by atoms with Crippen LogP contribution in [0.4, 0.5) is 10.5 Å². The molecule has 1 aliphatic rings. The molecule has 2 amide bonds. The number of urea groups is 1. The van der Waals surface area contributed by atoms with Gasteiger partial charge < -0.3 is 14.9 Å². The molecule has 0 aliphatic carbocycles. The summed E-state index contributed by atoms with van der Waals surface area (Å²) in [5, 5.41) is 20.3. The van der Waals surface area contributed by atoms with Crippen LogP contribution in [0.2, 0.25) is 5.02 Å². The predicted octanol–water partition coefficient (Wildman–Crippen LogP) is 1.64. The van der Waals surface area contributed by atoms with Crippen LogP contribution in [-0.2, 0) is 0 Å². The Balaban J connectivity index is 2.37. The van der Waals surface area contributed by atoms with Gasteiger partial charge in [-0.15, -0.1) is 0 Å². The number of carbonyl (C=O) groups excluding carboxylic acids is 1. The van der Waals surface area contributed by atoms with Crippen LogP contribution in [0.1, 0.15) is 13.8 Å². The number of carbonyl (C=O) groups is 1. The molecule has 1 aromatic rings. The maximum Gasteiger partial charge on any atom is 0.329 e. The predicted molar refractivity (Wildman–Crippen MR) is 74.9 cm³/mol. The van der Waals surface area contributed by atoms with E-state index in [-0.39, 0.29) is 6.04 Å². The Kier molecular flexibility index (Phi) is 4.08. The number of hydrogen-bond acceptors (Lipinski definition) is 4. The highest BCUT2D eigenvalue weighted by molar-refractivity contribution is 6.32. The van der Waals surface area contributed by atoms with Gasteiger partial charge in [0.1, 0.15) is 5.75 Å². The molecule has 20 heavy (non-hydrogen) atoms. The van der Waals surface area contributed by atoms with E-state index in [1.54, 1.807) is 26.0 Å². The smallest absolute Gasteiger partial charge is 0.329 e. The van der Waals surface area contributed by atoms with E-state index < -0.39 is 18.5 Å². The number of hydrogen-bond donors (Lipinski definition) is 2. The minimum Gasteiger partial charge on any atom is -0.495 e. The molecule has 1 aromatic carbocycles. The van der Waals surface area contributed by atoms with Gasteiger partial charge in [0, 0.05) is 6.04 Å². The van der Waals surface area contributed by atoms with Gasteiger partial charge in [-0.1, -0.05) is 11.6 Å². The van der Waals surface area contributed by atoms with Gasteiger partial charge in [0.2, 0.25) is 0 Å². The summed E-state index contributed by atoms with van der Waals surface area (Å²) in [5.41, 5.74) is 0.399. The molecule has 110 valence electrons. The summed E-state index contributed by atoms with van der Waals surface area (Å²) >= 11 is 6.02. The monoisotopic (exact) mass is 300 g/mol. The maximum absolute atomic E-state index is 12.3. The average Bonchev–Trinajstić information content (AvgIpc) is 2.60. The summed E-state index contributed by atoms with van der Waals surface area (Å²) in [7, 11) is 1.49. The summed E-state index contributed by atoms with van der Waals surface area (Å²) < 4.78 is 5.04. The molecular weight excluding hydrogens is 284 g/mol. The lowest BCUT2D eigenvalue weighted by Gasteiger charge is -2.23. The molecule has 1 aliphatic heterocycles. The van der Waals surface area contributed by atoms with Crippen molar-refractivity contribution in [3.05, 3.63) is 23.2 Å². The summed E-state index contributed by atoms with van der Waals surface area (Å²) in [6.45, 7) is 3.52. The van der Waals surface area contributed by atoms with Gasteiger partial charge >= 0.3 is 6.03 Å². The Morgan fingerprint density at radius 2 is 1.95 bits per heavy atom. The topological polar surface area (TPSA) is 73.2 Å². The van der Waals surface area contributed by atoms with E-state index in [0.29, 0.717) is 16.5 Å². The maximum atomic E-state index is 12.3. The van der Waals surface area contributed by atoms with Crippen LogP contribution in [0, 0.1) is 0 Å². The van der Waals surface area contributed by atoms with Crippen molar-refractivity contribution < 1.29 is 19.7 Å². The second kappa shape index (κ2) is 5.47. The molecule has 1 fully saturated rings. The number of aliphatic hydroxyl groups excluding tert-OH is 2. The van der Waals surface area contributed by atoms with Crippen molar-refractivity contribution >= 4 is 23.3 Å². The number of aliphatic hydroxyl groups is 2. The van der Waals surface area contributed by atoms with Crippen LogP contribution >= 0.6 is 11.6 Å². The molecule has 0 saturated carbocycles. The van der Waals surface area contributed by atoms with Gasteiger partial charge in [0.05, 0.1) is 17.8 Å². The third-order valence-corrected chi connectivity index (χ3v) is 3.51. The van der Waals surface area contributed by atoms with E-state index >= 15 is 0 Å².